The van der Waals surface area contributed by atoms with Gasteiger partial charge < -0.3 is 9.64 Å². The Kier molecular flexibility index (Phi) is 3.85. The second-order valence-electron chi connectivity index (χ2n) is 5.10. The predicted molar refractivity (Wildman–Crippen MR) is 77.2 cm³/mol. The van der Waals surface area contributed by atoms with E-state index in [1.807, 2.05) is 23.1 Å². The molecule has 1 amide bonds. The highest BCUT2D eigenvalue weighted by molar-refractivity contribution is 5.94. The predicted octanol–water partition coefficient (Wildman–Crippen LogP) is 1.76. The summed E-state index contributed by atoms with van der Waals surface area (Å²) in [7, 11) is 1.60. The van der Waals surface area contributed by atoms with Crippen LogP contribution in [-0.2, 0) is 0 Å². The van der Waals surface area contributed by atoms with E-state index in [0.717, 1.165) is 25.9 Å². The lowest BCUT2D eigenvalue weighted by Crippen LogP contribution is -2.39. The number of nitrogens with zero attached hydrogens (tertiary/aromatic N) is 4. The summed E-state index contributed by atoms with van der Waals surface area (Å²) in [6.07, 6.45) is 5.14. The standard InChI is InChI=1S/C15H18N4O2/c1-21-14-4-2-3-12(11-14)15(20)18-9-5-13(6-10-18)19-16-7-8-17-19/h2-4,7-8,11,13H,5-6,9-10H2,1H3. The molecular weight excluding hydrogens is 268 g/mol. The van der Waals surface area contributed by atoms with Crippen molar-refractivity contribution in [2.24, 2.45) is 0 Å². The third-order valence-electron chi connectivity index (χ3n) is 3.83. The van der Waals surface area contributed by atoms with Crippen LogP contribution < -0.4 is 4.74 Å². The van der Waals surface area contributed by atoms with Crippen molar-refractivity contribution < 1.29 is 9.53 Å². The van der Waals surface area contributed by atoms with Gasteiger partial charge in [0.2, 0.25) is 0 Å². The topological polar surface area (TPSA) is 60.2 Å². The molecule has 6 heteroatoms. The van der Waals surface area contributed by atoms with E-state index in [-0.39, 0.29) is 11.9 Å². The summed E-state index contributed by atoms with van der Waals surface area (Å²) in [5, 5.41) is 8.35. The highest BCUT2D eigenvalue weighted by Crippen LogP contribution is 2.22. The molecule has 0 bridgehead atoms. The molecule has 1 aliphatic heterocycles. The highest BCUT2D eigenvalue weighted by Gasteiger charge is 2.25. The molecule has 1 saturated heterocycles. The monoisotopic (exact) mass is 286 g/mol. The number of methoxy groups -OCH3 is 1. The summed E-state index contributed by atoms with van der Waals surface area (Å²) in [6, 6.07) is 7.57. The van der Waals surface area contributed by atoms with Gasteiger partial charge in [-0.2, -0.15) is 15.0 Å². The Morgan fingerprint density at radius 1 is 1.24 bits per heavy atom. The van der Waals surface area contributed by atoms with Crippen molar-refractivity contribution in [2.75, 3.05) is 20.2 Å². The lowest BCUT2D eigenvalue weighted by molar-refractivity contribution is 0.0683. The van der Waals surface area contributed by atoms with Crippen molar-refractivity contribution in [1.82, 2.24) is 19.9 Å². The van der Waals surface area contributed by atoms with Gasteiger partial charge in [0, 0.05) is 18.7 Å². The van der Waals surface area contributed by atoms with E-state index < -0.39 is 0 Å². The van der Waals surface area contributed by atoms with Gasteiger partial charge in [0.05, 0.1) is 25.5 Å². The number of piperidine rings is 1. The molecular formula is C15H18N4O2. The molecule has 1 aromatic carbocycles. The first-order chi connectivity index (χ1) is 10.3. The van der Waals surface area contributed by atoms with Gasteiger partial charge in [-0.05, 0) is 31.0 Å². The van der Waals surface area contributed by atoms with E-state index in [9.17, 15) is 4.79 Å². The maximum Gasteiger partial charge on any atom is 0.253 e. The summed E-state index contributed by atoms with van der Waals surface area (Å²) in [5.41, 5.74) is 0.671. The maximum absolute atomic E-state index is 12.5. The molecule has 2 heterocycles. The smallest absolute Gasteiger partial charge is 0.253 e. The summed E-state index contributed by atoms with van der Waals surface area (Å²) < 4.78 is 5.17. The van der Waals surface area contributed by atoms with E-state index in [1.165, 1.54) is 0 Å². The van der Waals surface area contributed by atoms with Crippen LogP contribution in [0.25, 0.3) is 0 Å². The number of carbonyl (C=O) groups is 1. The molecule has 3 rings (SSSR count). The van der Waals surface area contributed by atoms with E-state index in [2.05, 4.69) is 10.2 Å². The van der Waals surface area contributed by atoms with Crippen LogP contribution in [0.15, 0.2) is 36.7 Å². The molecule has 1 aliphatic rings. The Labute approximate surface area is 123 Å². The minimum Gasteiger partial charge on any atom is -0.497 e. The van der Waals surface area contributed by atoms with Crippen LogP contribution in [0.4, 0.5) is 0 Å². The summed E-state index contributed by atoms with van der Waals surface area (Å²) >= 11 is 0. The van der Waals surface area contributed by atoms with Crippen molar-refractivity contribution in [2.45, 2.75) is 18.9 Å². The van der Waals surface area contributed by atoms with Gasteiger partial charge in [-0.1, -0.05) is 6.07 Å². The number of hydrogen-bond donors (Lipinski definition) is 0. The van der Waals surface area contributed by atoms with Gasteiger partial charge in [-0.3, -0.25) is 4.79 Å². The third kappa shape index (κ3) is 2.89. The number of amides is 1. The van der Waals surface area contributed by atoms with Gasteiger partial charge in [-0.15, -0.1) is 0 Å². The summed E-state index contributed by atoms with van der Waals surface area (Å²) in [6.45, 7) is 1.45. The molecule has 110 valence electrons. The van der Waals surface area contributed by atoms with Gasteiger partial charge in [0.15, 0.2) is 0 Å². The van der Waals surface area contributed by atoms with Crippen molar-refractivity contribution in [3.8, 4) is 5.75 Å². The van der Waals surface area contributed by atoms with E-state index in [1.54, 1.807) is 30.4 Å². The Morgan fingerprint density at radius 2 is 1.95 bits per heavy atom. The second kappa shape index (κ2) is 5.95. The fourth-order valence-electron chi connectivity index (χ4n) is 2.65. The molecule has 6 nitrogen and oxygen atoms in total. The van der Waals surface area contributed by atoms with Crippen LogP contribution in [0.5, 0.6) is 5.75 Å². The van der Waals surface area contributed by atoms with Gasteiger partial charge in [-0.25, -0.2) is 0 Å². The fourth-order valence-corrected chi connectivity index (χ4v) is 2.65. The van der Waals surface area contributed by atoms with Crippen LogP contribution in [0.3, 0.4) is 0 Å². The van der Waals surface area contributed by atoms with Crippen LogP contribution >= 0.6 is 0 Å². The molecule has 2 aromatic rings. The minimum absolute atomic E-state index is 0.0563. The molecule has 1 fully saturated rings. The molecule has 0 aliphatic carbocycles. The maximum atomic E-state index is 12.5. The number of aromatic nitrogens is 3. The SMILES string of the molecule is COc1cccc(C(=O)N2CCC(n3nccn3)CC2)c1. The highest BCUT2D eigenvalue weighted by atomic mass is 16.5. The van der Waals surface area contributed by atoms with E-state index in [4.69, 9.17) is 4.74 Å². The number of benzene rings is 1. The van der Waals surface area contributed by atoms with Crippen LogP contribution in [0.2, 0.25) is 0 Å². The quantitative estimate of drug-likeness (QED) is 0.862. The zero-order valence-electron chi connectivity index (χ0n) is 12.0. The van der Waals surface area contributed by atoms with Gasteiger partial charge in [0.1, 0.15) is 5.75 Å². The average Bonchev–Trinajstić information content (AvgIpc) is 3.09. The summed E-state index contributed by atoms with van der Waals surface area (Å²) in [5.74, 6) is 0.761. The number of carbonyl (C=O) groups excluding carboxylic acids is 1. The van der Waals surface area contributed by atoms with Crippen LogP contribution in [-0.4, -0.2) is 46.0 Å². The lowest BCUT2D eigenvalue weighted by atomic mass is 10.0. The Morgan fingerprint density at radius 3 is 2.62 bits per heavy atom. The number of rotatable bonds is 3. The summed E-state index contributed by atoms with van der Waals surface area (Å²) in [4.78, 5) is 16.1. The lowest BCUT2D eigenvalue weighted by Gasteiger charge is -2.31. The first kappa shape index (κ1) is 13.6. The van der Waals surface area contributed by atoms with Crippen molar-refractivity contribution in [1.29, 1.82) is 0 Å². The Hall–Kier alpha value is -2.37. The van der Waals surface area contributed by atoms with E-state index in [0.29, 0.717) is 11.3 Å². The molecule has 0 unspecified atom stereocenters. The first-order valence-electron chi connectivity index (χ1n) is 7.07. The van der Waals surface area contributed by atoms with Crippen molar-refractivity contribution >= 4 is 5.91 Å². The van der Waals surface area contributed by atoms with Crippen LogP contribution in [0, 0.1) is 0 Å². The number of likely N-dealkylation sites (tertiary alicyclic amines) is 1. The van der Waals surface area contributed by atoms with E-state index >= 15 is 0 Å². The second-order valence-corrected chi connectivity index (χ2v) is 5.10. The molecule has 1 aromatic heterocycles. The first-order valence-corrected chi connectivity index (χ1v) is 7.07. The normalized spacial score (nSPS) is 16.0. The van der Waals surface area contributed by atoms with Crippen molar-refractivity contribution in [3.05, 3.63) is 42.2 Å². The fraction of sp³-hybridized carbons (Fsp3) is 0.400. The van der Waals surface area contributed by atoms with Crippen LogP contribution in [0.1, 0.15) is 29.2 Å². The average molecular weight is 286 g/mol. The van der Waals surface area contributed by atoms with Gasteiger partial charge >= 0.3 is 0 Å². The molecule has 0 radical (unpaired) electrons. The minimum atomic E-state index is 0.0563. The molecule has 0 N–H and O–H groups in total. The molecule has 0 saturated carbocycles. The molecule has 0 atom stereocenters. The Bertz CT molecular complexity index is 604. The number of ether oxygens (including phenoxy) is 1. The largest absolute Gasteiger partial charge is 0.497 e. The third-order valence-corrected chi connectivity index (χ3v) is 3.83. The molecule has 21 heavy (non-hydrogen) atoms. The zero-order valence-corrected chi connectivity index (χ0v) is 12.0. The number of hydrogen-bond acceptors (Lipinski definition) is 4. The van der Waals surface area contributed by atoms with Gasteiger partial charge in [0.25, 0.3) is 5.91 Å². The molecule has 0 spiro atoms. The zero-order chi connectivity index (χ0) is 14.7. The van der Waals surface area contributed by atoms with Crippen molar-refractivity contribution in [3.63, 3.8) is 0 Å². The Balaban J connectivity index is 1.64.